The SMILES string of the molecule is F[B-](F)(F)C1CCCC(F)(F)C1. The van der Waals surface area contributed by atoms with Crippen molar-refractivity contribution in [1.82, 2.24) is 0 Å². The van der Waals surface area contributed by atoms with Crippen molar-refractivity contribution in [2.24, 2.45) is 0 Å². The third kappa shape index (κ3) is 2.35. The van der Waals surface area contributed by atoms with Crippen molar-refractivity contribution >= 4 is 6.98 Å². The lowest BCUT2D eigenvalue weighted by molar-refractivity contribution is -0.0373. The quantitative estimate of drug-likeness (QED) is 0.435. The zero-order chi connectivity index (χ0) is 9.41. The summed E-state index contributed by atoms with van der Waals surface area (Å²) in [6.07, 6.45) is -1.54. The highest BCUT2D eigenvalue weighted by molar-refractivity contribution is 6.60. The van der Waals surface area contributed by atoms with Crippen molar-refractivity contribution in [2.45, 2.75) is 37.4 Å². The van der Waals surface area contributed by atoms with Crippen molar-refractivity contribution in [3.63, 3.8) is 0 Å². The van der Waals surface area contributed by atoms with Crippen molar-refractivity contribution in [3.8, 4) is 0 Å². The first-order valence-corrected chi connectivity index (χ1v) is 3.89. The van der Waals surface area contributed by atoms with E-state index in [-0.39, 0.29) is 12.8 Å². The second-order valence-electron chi connectivity index (χ2n) is 3.34. The summed E-state index contributed by atoms with van der Waals surface area (Å²) in [5.74, 6) is -4.84. The molecule has 0 aromatic carbocycles. The highest BCUT2D eigenvalue weighted by Gasteiger charge is 2.44. The van der Waals surface area contributed by atoms with E-state index in [0.29, 0.717) is 0 Å². The maximum Gasteiger partial charge on any atom is 0.481 e. The highest BCUT2D eigenvalue weighted by Crippen LogP contribution is 2.45. The van der Waals surface area contributed by atoms with Gasteiger partial charge in [-0.25, -0.2) is 8.78 Å². The molecule has 1 fully saturated rings. The van der Waals surface area contributed by atoms with Crippen LogP contribution in [0.2, 0.25) is 5.82 Å². The Morgan fingerprint density at radius 3 is 2.08 bits per heavy atom. The van der Waals surface area contributed by atoms with Crippen LogP contribution in [0.25, 0.3) is 0 Å². The molecule has 0 aromatic heterocycles. The fourth-order valence-electron chi connectivity index (χ4n) is 1.53. The predicted molar refractivity (Wildman–Crippen MR) is 36.2 cm³/mol. The molecule has 0 bridgehead atoms. The van der Waals surface area contributed by atoms with Crippen molar-refractivity contribution < 1.29 is 21.7 Å². The molecular formula is C6H9BF5-. The molecule has 1 unspecified atom stereocenters. The van der Waals surface area contributed by atoms with Crippen LogP contribution in [0.4, 0.5) is 21.7 Å². The minimum Gasteiger partial charge on any atom is -0.449 e. The molecule has 1 aliphatic rings. The molecule has 1 aliphatic carbocycles. The van der Waals surface area contributed by atoms with Crippen LogP contribution in [0.1, 0.15) is 25.7 Å². The first-order valence-electron chi connectivity index (χ1n) is 3.89. The van der Waals surface area contributed by atoms with E-state index in [1.807, 2.05) is 0 Å². The summed E-state index contributed by atoms with van der Waals surface area (Å²) in [5, 5.41) is 0. The summed E-state index contributed by atoms with van der Waals surface area (Å²) in [6, 6.07) is 0. The summed E-state index contributed by atoms with van der Waals surface area (Å²) >= 11 is 0. The van der Waals surface area contributed by atoms with Crippen molar-refractivity contribution in [1.29, 1.82) is 0 Å². The number of halogens is 5. The Labute approximate surface area is 67.2 Å². The van der Waals surface area contributed by atoms with E-state index in [0.717, 1.165) is 0 Å². The number of hydrogen-bond donors (Lipinski definition) is 0. The van der Waals surface area contributed by atoms with Gasteiger partial charge in [-0.3, -0.25) is 0 Å². The Kier molecular flexibility index (Phi) is 2.36. The molecule has 0 aliphatic heterocycles. The topological polar surface area (TPSA) is 0 Å². The van der Waals surface area contributed by atoms with Crippen LogP contribution in [-0.2, 0) is 0 Å². The normalized spacial score (nSPS) is 30.2. The third-order valence-corrected chi connectivity index (χ3v) is 2.21. The molecular weight excluding hydrogens is 178 g/mol. The van der Waals surface area contributed by atoms with Gasteiger partial charge in [-0.2, -0.15) is 0 Å². The van der Waals surface area contributed by atoms with Crippen molar-refractivity contribution in [3.05, 3.63) is 0 Å². The van der Waals surface area contributed by atoms with Gasteiger partial charge in [0.2, 0.25) is 5.92 Å². The summed E-state index contributed by atoms with van der Waals surface area (Å²) in [7, 11) is 0. The van der Waals surface area contributed by atoms with Crippen LogP contribution in [0.5, 0.6) is 0 Å². The van der Waals surface area contributed by atoms with Gasteiger partial charge >= 0.3 is 6.98 Å². The number of hydrogen-bond acceptors (Lipinski definition) is 0. The Hall–Kier alpha value is -0.285. The van der Waals surface area contributed by atoms with Crippen LogP contribution >= 0.6 is 0 Å². The van der Waals surface area contributed by atoms with Gasteiger partial charge in [-0.15, -0.1) is 0 Å². The average molecular weight is 187 g/mol. The Morgan fingerprint density at radius 1 is 1.17 bits per heavy atom. The van der Waals surface area contributed by atoms with Gasteiger partial charge in [0.05, 0.1) is 0 Å². The zero-order valence-corrected chi connectivity index (χ0v) is 6.37. The molecule has 1 atom stereocenters. The fraction of sp³-hybridized carbons (Fsp3) is 1.00. The maximum atomic E-state index is 12.5. The molecule has 0 nitrogen and oxygen atoms in total. The van der Waals surface area contributed by atoms with Crippen LogP contribution in [0, 0.1) is 0 Å². The zero-order valence-electron chi connectivity index (χ0n) is 6.37. The molecule has 1 saturated carbocycles. The molecule has 0 spiro atoms. The summed E-state index contributed by atoms with van der Waals surface area (Å²) < 4.78 is 61.0. The Morgan fingerprint density at radius 2 is 1.75 bits per heavy atom. The van der Waals surface area contributed by atoms with Gasteiger partial charge in [0.1, 0.15) is 0 Å². The van der Waals surface area contributed by atoms with Gasteiger partial charge in [0, 0.05) is 6.42 Å². The molecule has 0 heterocycles. The minimum atomic E-state index is -5.07. The molecule has 0 aromatic rings. The van der Waals surface area contributed by atoms with E-state index in [9.17, 15) is 21.7 Å². The standard InChI is InChI=1S/C6H9BF5/c8-6(9)3-1-2-5(4-6)7(10,11)12/h5H,1-4H2/q-1. The fourth-order valence-corrected chi connectivity index (χ4v) is 1.53. The smallest absolute Gasteiger partial charge is 0.449 e. The third-order valence-electron chi connectivity index (χ3n) is 2.21. The van der Waals surface area contributed by atoms with Crippen LogP contribution in [-0.4, -0.2) is 12.9 Å². The Balaban J connectivity index is 2.58. The van der Waals surface area contributed by atoms with E-state index in [4.69, 9.17) is 0 Å². The highest BCUT2D eigenvalue weighted by atomic mass is 19.4. The van der Waals surface area contributed by atoms with Crippen molar-refractivity contribution in [2.75, 3.05) is 0 Å². The molecule has 0 N–H and O–H groups in total. The minimum absolute atomic E-state index is 0.0150. The first kappa shape index (κ1) is 9.80. The van der Waals surface area contributed by atoms with Gasteiger partial charge in [0.15, 0.2) is 0 Å². The maximum absolute atomic E-state index is 12.5. The number of alkyl halides is 2. The monoisotopic (exact) mass is 187 g/mol. The van der Waals surface area contributed by atoms with Gasteiger partial charge in [-0.1, -0.05) is 18.7 Å². The van der Waals surface area contributed by atoms with E-state index in [1.165, 1.54) is 0 Å². The summed E-state index contributed by atoms with van der Waals surface area (Å²) in [6.45, 7) is -5.07. The largest absolute Gasteiger partial charge is 0.481 e. The van der Waals surface area contributed by atoms with E-state index >= 15 is 0 Å². The number of rotatable bonds is 1. The molecule has 6 heteroatoms. The lowest BCUT2D eigenvalue weighted by Crippen LogP contribution is -2.34. The van der Waals surface area contributed by atoms with E-state index < -0.39 is 31.6 Å². The summed E-state index contributed by atoms with van der Waals surface area (Å²) in [5.41, 5.74) is 0. The molecule has 1 rings (SSSR count). The molecule has 0 radical (unpaired) electrons. The first-order chi connectivity index (χ1) is 5.31. The molecule has 12 heavy (non-hydrogen) atoms. The lowest BCUT2D eigenvalue weighted by Gasteiger charge is -2.34. The lowest BCUT2D eigenvalue weighted by atomic mass is 9.64. The second-order valence-corrected chi connectivity index (χ2v) is 3.34. The second kappa shape index (κ2) is 2.89. The van der Waals surface area contributed by atoms with Gasteiger partial charge in [-0.05, 0) is 6.42 Å². The summed E-state index contributed by atoms with van der Waals surface area (Å²) in [4.78, 5) is 0. The molecule has 72 valence electrons. The molecule has 0 saturated heterocycles. The predicted octanol–water partition coefficient (Wildman–Crippen LogP) is 3.41. The van der Waals surface area contributed by atoms with Crippen LogP contribution in [0.15, 0.2) is 0 Å². The van der Waals surface area contributed by atoms with Gasteiger partial charge < -0.3 is 12.9 Å². The molecule has 0 amide bonds. The average Bonchev–Trinajstić information content (AvgIpc) is 1.83. The van der Waals surface area contributed by atoms with Gasteiger partial charge in [0.25, 0.3) is 0 Å². The van der Waals surface area contributed by atoms with E-state index in [1.54, 1.807) is 0 Å². The van der Waals surface area contributed by atoms with E-state index in [2.05, 4.69) is 0 Å². The Bertz CT molecular complexity index is 161. The van der Waals surface area contributed by atoms with Crippen LogP contribution < -0.4 is 0 Å². The van der Waals surface area contributed by atoms with Crippen LogP contribution in [0.3, 0.4) is 0 Å².